The van der Waals surface area contributed by atoms with Crippen molar-refractivity contribution in [2.24, 2.45) is 23.2 Å². The molecule has 7 heteroatoms. The number of nitrogens with one attached hydrogen (secondary N) is 2. The molecule has 4 N–H and O–H groups in total. The predicted molar refractivity (Wildman–Crippen MR) is 117 cm³/mol. The van der Waals surface area contributed by atoms with Crippen LogP contribution in [-0.2, 0) is 14.8 Å². The van der Waals surface area contributed by atoms with E-state index in [1.807, 2.05) is 6.92 Å². The predicted octanol–water partition coefficient (Wildman–Crippen LogP) is 2.48. The summed E-state index contributed by atoms with van der Waals surface area (Å²) in [5, 5.41) is 5.15. The van der Waals surface area contributed by atoms with E-state index in [0.717, 1.165) is 24.3 Å². The minimum Gasteiger partial charge on any atom is -0.336 e. The molecule has 0 unspecified atom stereocenters. The summed E-state index contributed by atoms with van der Waals surface area (Å²) in [6.07, 6.45) is 8.37. The van der Waals surface area contributed by atoms with Crippen LogP contribution in [-0.4, -0.2) is 33.0 Å². The molecule has 4 bridgehead atoms. The van der Waals surface area contributed by atoms with Crippen molar-refractivity contribution in [1.82, 2.24) is 4.72 Å². The van der Waals surface area contributed by atoms with Gasteiger partial charge < -0.3 is 10.6 Å². The van der Waals surface area contributed by atoms with Crippen molar-refractivity contribution >= 4 is 21.6 Å². The number of amides is 1. The number of hydrogen-bond acceptors (Lipinski definition) is 3. The van der Waals surface area contributed by atoms with E-state index in [-0.39, 0.29) is 22.9 Å². The molecular formula is C23H36N3O3S+. The normalized spacial score (nSPS) is 31.1. The summed E-state index contributed by atoms with van der Waals surface area (Å²) in [6.45, 7) is 6.57. The minimum absolute atomic E-state index is 0.0318. The molecule has 1 aromatic rings. The summed E-state index contributed by atoms with van der Waals surface area (Å²) in [5.74, 6) is 2.74. The largest absolute Gasteiger partial charge is 0.336 e. The second kappa shape index (κ2) is 8.24. The Labute approximate surface area is 180 Å². The molecule has 6 nitrogen and oxygen atoms in total. The van der Waals surface area contributed by atoms with Crippen molar-refractivity contribution in [1.29, 1.82) is 0 Å². The van der Waals surface area contributed by atoms with E-state index in [1.165, 1.54) is 50.7 Å². The van der Waals surface area contributed by atoms with Crippen molar-refractivity contribution in [2.45, 2.75) is 76.3 Å². The SMILES string of the molecule is CC(C)NS(=O)(=O)c1ccc(NC(=O)[C@H](C)[NH2+]CC23CC4CC(CC(C4)C2)C3)cc1. The van der Waals surface area contributed by atoms with E-state index >= 15 is 0 Å². The number of nitrogens with two attached hydrogens (primary N) is 1. The molecule has 0 aromatic heterocycles. The van der Waals surface area contributed by atoms with Gasteiger partial charge >= 0.3 is 0 Å². The second-order valence-corrected chi connectivity index (χ2v) is 12.1. The lowest BCUT2D eigenvalue weighted by atomic mass is 9.49. The Kier molecular flexibility index (Phi) is 5.99. The molecule has 1 amide bonds. The standard InChI is InChI=1S/C23H35N3O3S/c1-15(2)26-30(28,29)21-6-4-20(5-7-21)25-22(27)16(3)24-14-23-11-17-8-18(12-23)10-19(9-17)13-23/h4-7,15-19,24,26H,8-14H2,1-3H3,(H,25,27)/p+1/t16-,17?,18?,19?,23?/m0/s1. The molecule has 0 aliphatic heterocycles. The number of anilines is 1. The topological polar surface area (TPSA) is 91.9 Å². The van der Waals surface area contributed by atoms with Crippen LogP contribution in [0.5, 0.6) is 0 Å². The Hall–Kier alpha value is -1.44. The first kappa shape index (κ1) is 21.8. The summed E-state index contributed by atoms with van der Waals surface area (Å²) >= 11 is 0. The summed E-state index contributed by atoms with van der Waals surface area (Å²) in [5.41, 5.74) is 1.07. The number of carbonyl (C=O) groups is 1. The van der Waals surface area contributed by atoms with E-state index in [4.69, 9.17) is 0 Å². The molecule has 0 heterocycles. The third-order valence-electron chi connectivity index (χ3n) is 7.31. The van der Waals surface area contributed by atoms with E-state index in [1.54, 1.807) is 26.0 Å². The highest BCUT2D eigenvalue weighted by Crippen LogP contribution is 2.59. The van der Waals surface area contributed by atoms with Gasteiger partial charge in [-0.15, -0.1) is 0 Å². The average molecular weight is 435 g/mol. The number of carbonyl (C=O) groups excluding carboxylic acids is 1. The van der Waals surface area contributed by atoms with Crippen LogP contribution in [0.1, 0.15) is 59.3 Å². The van der Waals surface area contributed by atoms with Crippen molar-refractivity contribution in [3.05, 3.63) is 24.3 Å². The van der Waals surface area contributed by atoms with Gasteiger partial charge in [-0.1, -0.05) is 0 Å². The summed E-state index contributed by atoms with van der Waals surface area (Å²) in [7, 11) is -3.52. The number of hydrogen-bond donors (Lipinski definition) is 3. The molecular weight excluding hydrogens is 398 g/mol. The van der Waals surface area contributed by atoms with Gasteiger partial charge in [0, 0.05) is 17.1 Å². The lowest BCUT2D eigenvalue weighted by molar-refractivity contribution is -0.686. The third-order valence-corrected chi connectivity index (χ3v) is 8.98. The number of benzene rings is 1. The smallest absolute Gasteiger partial charge is 0.282 e. The molecule has 0 radical (unpaired) electrons. The van der Waals surface area contributed by atoms with Crippen LogP contribution >= 0.6 is 0 Å². The van der Waals surface area contributed by atoms with Crippen molar-refractivity contribution in [2.75, 3.05) is 11.9 Å². The highest BCUT2D eigenvalue weighted by molar-refractivity contribution is 7.89. The molecule has 0 spiro atoms. The van der Waals surface area contributed by atoms with Gasteiger partial charge in [0.1, 0.15) is 0 Å². The quantitative estimate of drug-likeness (QED) is 0.587. The number of quaternary nitrogens is 1. The number of sulfonamides is 1. The lowest BCUT2D eigenvalue weighted by Gasteiger charge is -2.56. The van der Waals surface area contributed by atoms with Gasteiger partial charge in [0.25, 0.3) is 5.91 Å². The van der Waals surface area contributed by atoms with Crippen molar-refractivity contribution < 1.29 is 18.5 Å². The molecule has 1 aromatic carbocycles. The van der Waals surface area contributed by atoms with Crippen LogP contribution in [0.4, 0.5) is 5.69 Å². The molecule has 0 saturated heterocycles. The van der Waals surface area contributed by atoms with Crippen molar-refractivity contribution in [3.63, 3.8) is 0 Å². The molecule has 4 aliphatic rings. The Morgan fingerprint density at radius 3 is 2.07 bits per heavy atom. The fourth-order valence-corrected chi connectivity index (χ4v) is 7.68. The van der Waals surface area contributed by atoms with Crippen LogP contribution < -0.4 is 15.4 Å². The van der Waals surface area contributed by atoms with E-state index < -0.39 is 10.0 Å². The second-order valence-electron chi connectivity index (χ2n) is 10.4. The van der Waals surface area contributed by atoms with E-state index in [0.29, 0.717) is 11.1 Å². The van der Waals surface area contributed by atoms with Gasteiger partial charge in [0.05, 0.1) is 11.4 Å². The van der Waals surface area contributed by atoms with Crippen LogP contribution in [0.25, 0.3) is 0 Å². The molecule has 4 saturated carbocycles. The van der Waals surface area contributed by atoms with Gasteiger partial charge in [-0.05, 0) is 101 Å². The molecule has 30 heavy (non-hydrogen) atoms. The van der Waals surface area contributed by atoms with Gasteiger partial charge in [0.15, 0.2) is 6.04 Å². The highest BCUT2D eigenvalue weighted by atomic mass is 32.2. The van der Waals surface area contributed by atoms with Crippen LogP contribution in [0.3, 0.4) is 0 Å². The van der Waals surface area contributed by atoms with E-state index in [9.17, 15) is 13.2 Å². The Balaban J connectivity index is 1.31. The molecule has 5 rings (SSSR count). The fourth-order valence-electron chi connectivity index (χ4n) is 6.43. The van der Waals surface area contributed by atoms with Crippen LogP contribution in [0.2, 0.25) is 0 Å². The first-order chi connectivity index (χ1) is 14.1. The zero-order chi connectivity index (χ0) is 21.5. The monoisotopic (exact) mass is 434 g/mol. The molecule has 4 aliphatic carbocycles. The third kappa shape index (κ3) is 4.73. The molecule has 4 fully saturated rings. The fraction of sp³-hybridized carbons (Fsp3) is 0.696. The summed E-state index contributed by atoms with van der Waals surface area (Å²) in [4.78, 5) is 12.9. The maximum Gasteiger partial charge on any atom is 0.282 e. The van der Waals surface area contributed by atoms with Gasteiger partial charge in [-0.3, -0.25) is 4.79 Å². The molecule has 166 valence electrons. The Bertz CT molecular complexity index is 844. The van der Waals surface area contributed by atoms with Crippen LogP contribution in [0.15, 0.2) is 29.2 Å². The zero-order valence-corrected chi connectivity index (χ0v) is 19.2. The van der Waals surface area contributed by atoms with E-state index in [2.05, 4.69) is 15.4 Å². The maximum absolute atomic E-state index is 12.7. The van der Waals surface area contributed by atoms with Crippen LogP contribution in [0, 0.1) is 23.2 Å². The van der Waals surface area contributed by atoms with Crippen molar-refractivity contribution in [3.8, 4) is 0 Å². The first-order valence-corrected chi connectivity index (χ1v) is 12.9. The Morgan fingerprint density at radius 2 is 1.57 bits per heavy atom. The van der Waals surface area contributed by atoms with Gasteiger partial charge in [0.2, 0.25) is 10.0 Å². The molecule has 1 atom stereocenters. The van der Waals surface area contributed by atoms with Gasteiger partial charge in [-0.25, -0.2) is 13.1 Å². The summed E-state index contributed by atoms with van der Waals surface area (Å²) in [6, 6.07) is 6.04. The summed E-state index contributed by atoms with van der Waals surface area (Å²) < 4.78 is 27.0. The Morgan fingerprint density at radius 1 is 1.03 bits per heavy atom. The maximum atomic E-state index is 12.7. The minimum atomic E-state index is -3.52. The average Bonchev–Trinajstić information content (AvgIpc) is 2.64. The number of rotatable bonds is 8. The zero-order valence-electron chi connectivity index (χ0n) is 18.4. The highest BCUT2D eigenvalue weighted by Gasteiger charge is 2.51. The first-order valence-electron chi connectivity index (χ1n) is 11.4. The van der Waals surface area contributed by atoms with Gasteiger partial charge in [-0.2, -0.15) is 0 Å². The lowest BCUT2D eigenvalue weighted by Crippen LogP contribution is -2.94.